The van der Waals surface area contributed by atoms with Gasteiger partial charge in [-0.25, -0.2) is 8.78 Å². The van der Waals surface area contributed by atoms with E-state index < -0.39 is 11.6 Å². The van der Waals surface area contributed by atoms with Crippen molar-refractivity contribution < 1.29 is 13.6 Å². The molecule has 0 bridgehead atoms. The fourth-order valence-corrected chi connectivity index (χ4v) is 1.38. The van der Waals surface area contributed by atoms with Crippen molar-refractivity contribution in [2.45, 2.75) is 0 Å². The van der Waals surface area contributed by atoms with Crippen molar-refractivity contribution in [2.75, 3.05) is 0 Å². The molecule has 1 heterocycles. The minimum Gasteiger partial charge on any atom is -0.298 e. The highest BCUT2D eigenvalue weighted by molar-refractivity contribution is 5.79. The van der Waals surface area contributed by atoms with Gasteiger partial charge in [0.2, 0.25) is 0 Å². The first-order valence-electron chi connectivity index (χ1n) is 4.56. The highest BCUT2D eigenvalue weighted by atomic mass is 19.1. The molecule has 0 aliphatic rings. The van der Waals surface area contributed by atoms with Crippen LogP contribution in [0.4, 0.5) is 8.78 Å². The molecule has 2 aromatic rings. The van der Waals surface area contributed by atoms with Crippen molar-refractivity contribution in [2.24, 2.45) is 0 Å². The minimum atomic E-state index is -0.594. The Labute approximate surface area is 90.6 Å². The molecule has 1 aromatic carbocycles. The Morgan fingerprint density at radius 1 is 1.06 bits per heavy atom. The summed E-state index contributed by atoms with van der Waals surface area (Å²) < 4.78 is 26.0. The molecule has 0 N–H and O–H groups in total. The first-order chi connectivity index (χ1) is 7.70. The molecule has 4 heteroatoms. The van der Waals surface area contributed by atoms with Crippen LogP contribution in [0.15, 0.2) is 36.7 Å². The first-order valence-corrected chi connectivity index (χ1v) is 4.56. The zero-order chi connectivity index (χ0) is 11.5. The number of aldehydes is 1. The lowest BCUT2D eigenvalue weighted by atomic mass is 10.0. The molecule has 2 rings (SSSR count). The minimum absolute atomic E-state index is 0.0539. The number of halogens is 2. The second-order valence-corrected chi connectivity index (χ2v) is 3.25. The zero-order valence-corrected chi connectivity index (χ0v) is 8.15. The summed E-state index contributed by atoms with van der Waals surface area (Å²) >= 11 is 0. The maximum absolute atomic E-state index is 13.0. The Kier molecular flexibility index (Phi) is 2.72. The number of aromatic nitrogens is 1. The SMILES string of the molecule is O=Cc1cc(-c2cncc(F)c2)ccc1F. The van der Waals surface area contributed by atoms with E-state index in [-0.39, 0.29) is 5.56 Å². The molecule has 16 heavy (non-hydrogen) atoms. The van der Waals surface area contributed by atoms with Crippen molar-refractivity contribution in [1.82, 2.24) is 4.98 Å². The summed E-state index contributed by atoms with van der Waals surface area (Å²) in [4.78, 5) is 14.2. The van der Waals surface area contributed by atoms with Gasteiger partial charge in [-0.1, -0.05) is 6.07 Å². The van der Waals surface area contributed by atoms with Crippen molar-refractivity contribution in [3.05, 3.63) is 53.9 Å². The van der Waals surface area contributed by atoms with Gasteiger partial charge < -0.3 is 0 Å². The van der Waals surface area contributed by atoms with E-state index >= 15 is 0 Å². The van der Waals surface area contributed by atoms with Crippen LogP contribution in [0.25, 0.3) is 11.1 Å². The molecular weight excluding hydrogens is 212 g/mol. The Morgan fingerprint density at radius 2 is 1.88 bits per heavy atom. The Balaban J connectivity index is 2.52. The van der Waals surface area contributed by atoms with Gasteiger partial charge >= 0.3 is 0 Å². The van der Waals surface area contributed by atoms with E-state index in [0.717, 1.165) is 6.20 Å². The van der Waals surface area contributed by atoms with Crippen LogP contribution in [0.5, 0.6) is 0 Å². The van der Waals surface area contributed by atoms with E-state index in [9.17, 15) is 13.6 Å². The highest BCUT2D eigenvalue weighted by Crippen LogP contribution is 2.21. The first kappa shape index (κ1) is 10.4. The molecule has 0 aliphatic carbocycles. The Morgan fingerprint density at radius 3 is 2.56 bits per heavy atom. The summed E-state index contributed by atoms with van der Waals surface area (Å²) in [5.74, 6) is -1.07. The molecule has 80 valence electrons. The average molecular weight is 219 g/mol. The number of hydrogen-bond acceptors (Lipinski definition) is 2. The maximum Gasteiger partial charge on any atom is 0.153 e. The summed E-state index contributed by atoms with van der Waals surface area (Å²) in [7, 11) is 0. The largest absolute Gasteiger partial charge is 0.298 e. The molecule has 0 radical (unpaired) electrons. The third-order valence-electron chi connectivity index (χ3n) is 2.16. The number of benzene rings is 1. The van der Waals surface area contributed by atoms with Gasteiger partial charge in [0.05, 0.1) is 11.8 Å². The molecule has 0 amide bonds. The van der Waals surface area contributed by atoms with Crippen molar-refractivity contribution >= 4 is 6.29 Å². The molecule has 0 saturated heterocycles. The van der Waals surface area contributed by atoms with Gasteiger partial charge in [0, 0.05) is 11.8 Å². The molecule has 1 aromatic heterocycles. The van der Waals surface area contributed by atoms with Gasteiger partial charge in [0.15, 0.2) is 6.29 Å². The van der Waals surface area contributed by atoms with Crippen LogP contribution >= 0.6 is 0 Å². The fraction of sp³-hybridized carbons (Fsp3) is 0. The lowest BCUT2D eigenvalue weighted by Gasteiger charge is -2.02. The molecule has 2 nitrogen and oxygen atoms in total. The number of rotatable bonds is 2. The van der Waals surface area contributed by atoms with Crippen LogP contribution in [0, 0.1) is 11.6 Å². The van der Waals surface area contributed by atoms with Gasteiger partial charge in [-0.2, -0.15) is 0 Å². The summed E-state index contributed by atoms with van der Waals surface area (Å²) in [6, 6.07) is 5.27. The van der Waals surface area contributed by atoms with E-state index in [1.54, 1.807) is 0 Å². The molecule has 0 aliphatic heterocycles. The van der Waals surface area contributed by atoms with Crippen LogP contribution in [0.1, 0.15) is 10.4 Å². The summed E-state index contributed by atoms with van der Waals surface area (Å²) in [6.45, 7) is 0. The standard InChI is InChI=1S/C12H7F2NO/c13-11-4-9(5-15-6-11)8-1-2-12(14)10(3-8)7-16/h1-7H. The fourth-order valence-electron chi connectivity index (χ4n) is 1.38. The molecule has 0 fully saturated rings. The number of pyridine rings is 1. The van der Waals surface area contributed by atoms with Gasteiger partial charge in [0.1, 0.15) is 11.6 Å². The molecule has 0 unspecified atom stereocenters. The van der Waals surface area contributed by atoms with E-state index in [4.69, 9.17) is 0 Å². The van der Waals surface area contributed by atoms with Gasteiger partial charge in [-0.05, 0) is 23.8 Å². The molecule has 0 atom stereocenters. The summed E-state index contributed by atoms with van der Waals surface area (Å²) in [5.41, 5.74) is 1.00. The van der Waals surface area contributed by atoms with Crippen LogP contribution < -0.4 is 0 Å². The number of carbonyl (C=O) groups is 1. The number of hydrogen-bond donors (Lipinski definition) is 0. The molecule has 0 spiro atoms. The predicted octanol–water partition coefficient (Wildman–Crippen LogP) is 2.84. The normalized spacial score (nSPS) is 10.1. The third kappa shape index (κ3) is 1.95. The second kappa shape index (κ2) is 4.18. The van der Waals surface area contributed by atoms with Gasteiger partial charge in [-0.15, -0.1) is 0 Å². The Bertz CT molecular complexity index is 540. The molecule has 0 saturated carbocycles. The van der Waals surface area contributed by atoms with Crippen molar-refractivity contribution in [1.29, 1.82) is 0 Å². The second-order valence-electron chi connectivity index (χ2n) is 3.25. The van der Waals surface area contributed by atoms with Crippen LogP contribution in [0.3, 0.4) is 0 Å². The van der Waals surface area contributed by atoms with Crippen LogP contribution in [-0.4, -0.2) is 11.3 Å². The van der Waals surface area contributed by atoms with E-state index in [1.165, 1.54) is 30.5 Å². The van der Waals surface area contributed by atoms with Crippen LogP contribution in [-0.2, 0) is 0 Å². The van der Waals surface area contributed by atoms with E-state index in [2.05, 4.69) is 4.98 Å². The zero-order valence-electron chi connectivity index (χ0n) is 8.15. The Hall–Kier alpha value is -2.10. The van der Waals surface area contributed by atoms with E-state index in [0.29, 0.717) is 17.4 Å². The number of carbonyl (C=O) groups excluding carboxylic acids is 1. The van der Waals surface area contributed by atoms with Gasteiger partial charge in [-0.3, -0.25) is 9.78 Å². The highest BCUT2D eigenvalue weighted by Gasteiger charge is 2.05. The van der Waals surface area contributed by atoms with Crippen LogP contribution in [0.2, 0.25) is 0 Å². The van der Waals surface area contributed by atoms with Crippen molar-refractivity contribution in [3.63, 3.8) is 0 Å². The molecular formula is C12H7F2NO. The average Bonchev–Trinajstić information content (AvgIpc) is 2.29. The maximum atomic E-state index is 13.0. The third-order valence-corrected chi connectivity index (χ3v) is 2.16. The van der Waals surface area contributed by atoms with Crippen molar-refractivity contribution in [3.8, 4) is 11.1 Å². The lowest BCUT2D eigenvalue weighted by Crippen LogP contribution is -1.89. The smallest absolute Gasteiger partial charge is 0.153 e. The predicted molar refractivity (Wildman–Crippen MR) is 55.0 cm³/mol. The van der Waals surface area contributed by atoms with Gasteiger partial charge in [0.25, 0.3) is 0 Å². The number of nitrogens with zero attached hydrogens (tertiary/aromatic N) is 1. The monoisotopic (exact) mass is 219 g/mol. The summed E-state index contributed by atoms with van der Waals surface area (Å²) in [6.07, 6.45) is 2.95. The van der Waals surface area contributed by atoms with E-state index in [1.807, 2.05) is 0 Å². The topological polar surface area (TPSA) is 30.0 Å². The lowest BCUT2D eigenvalue weighted by molar-refractivity contribution is 0.112. The summed E-state index contributed by atoms with van der Waals surface area (Å²) in [5, 5.41) is 0. The quantitative estimate of drug-likeness (QED) is 0.727.